The molecule has 2 aromatic rings. The number of amides is 1. The molecule has 6 nitrogen and oxygen atoms in total. The van der Waals surface area contributed by atoms with Gasteiger partial charge in [-0.25, -0.2) is 4.79 Å². The smallest absolute Gasteiger partial charge is 0.329 e. The number of carboxylic acid groups (broad SMARTS) is 1. The molecule has 1 amide bonds. The Hall–Kier alpha value is -2.63. The number of hydrogen-bond donors (Lipinski definition) is 3. The second kappa shape index (κ2) is 5.63. The number of H-pyrrole nitrogens is 1. The standard InChI is InChI=1S/C16H17N3O3/c20-14(17-16(15(21)22)8-4-5-9-16)13-10-12(18-19-13)11-6-2-1-3-7-11/h1-3,6-7,10H,4-5,8-9H2,(H,17,20)(H,18,19)(H,21,22). The first kappa shape index (κ1) is 14.3. The summed E-state index contributed by atoms with van der Waals surface area (Å²) in [6.07, 6.45) is 2.55. The number of carbonyl (C=O) groups excluding carboxylic acids is 1. The second-order valence-corrected chi connectivity index (χ2v) is 5.58. The Morgan fingerprint density at radius 1 is 1.18 bits per heavy atom. The van der Waals surface area contributed by atoms with Gasteiger partial charge in [0, 0.05) is 5.56 Å². The highest BCUT2D eigenvalue weighted by Crippen LogP contribution is 2.30. The zero-order valence-electron chi connectivity index (χ0n) is 12.0. The third-order valence-corrected chi connectivity index (χ3v) is 4.11. The molecule has 22 heavy (non-hydrogen) atoms. The van der Waals surface area contributed by atoms with Crippen LogP contribution in [-0.2, 0) is 4.79 Å². The summed E-state index contributed by atoms with van der Waals surface area (Å²) in [4.78, 5) is 23.8. The van der Waals surface area contributed by atoms with Crippen molar-refractivity contribution in [2.24, 2.45) is 0 Å². The van der Waals surface area contributed by atoms with Crippen LogP contribution in [0.25, 0.3) is 11.3 Å². The molecular formula is C16H17N3O3. The fraction of sp³-hybridized carbons (Fsp3) is 0.312. The number of benzene rings is 1. The molecule has 1 aliphatic carbocycles. The SMILES string of the molecule is O=C(NC1(C(=O)O)CCCC1)c1cc(-c2ccccc2)n[nH]1. The molecule has 3 rings (SSSR count). The molecule has 0 unspecified atom stereocenters. The molecule has 114 valence electrons. The normalized spacial score (nSPS) is 16.4. The van der Waals surface area contributed by atoms with E-state index in [1.807, 2.05) is 30.3 Å². The highest BCUT2D eigenvalue weighted by Gasteiger charge is 2.42. The summed E-state index contributed by atoms with van der Waals surface area (Å²) in [5.74, 6) is -1.40. The minimum absolute atomic E-state index is 0.270. The van der Waals surface area contributed by atoms with Crippen molar-refractivity contribution in [3.8, 4) is 11.3 Å². The van der Waals surface area contributed by atoms with Gasteiger partial charge in [-0.2, -0.15) is 5.10 Å². The highest BCUT2D eigenvalue weighted by atomic mass is 16.4. The van der Waals surface area contributed by atoms with Crippen molar-refractivity contribution >= 4 is 11.9 Å². The molecule has 0 spiro atoms. The van der Waals surface area contributed by atoms with Crippen LogP contribution >= 0.6 is 0 Å². The number of rotatable bonds is 4. The number of carboxylic acids is 1. The van der Waals surface area contributed by atoms with Gasteiger partial charge in [0.15, 0.2) is 0 Å². The van der Waals surface area contributed by atoms with Crippen molar-refractivity contribution in [2.75, 3.05) is 0 Å². The van der Waals surface area contributed by atoms with E-state index < -0.39 is 17.4 Å². The van der Waals surface area contributed by atoms with E-state index in [4.69, 9.17) is 0 Å². The Bertz CT molecular complexity index is 688. The van der Waals surface area contributed by atoms with Crippen molar-refractivity contribution in [1.82, 2.24) is 15.5 Å². The number of aliphatic carboxylic acids is 1. The fourth-order valence-electron chi connectivity index (χ4n) is 2.85. The van der Waals surface area contributed by atoms with Crippen LogP contribution < -0.4 is 5.32 Å². The molecule has 3 N–H and O–H groups in total. The van der Waals surface area contributed by atoms with Crippen LogP contribution in [0.1, 0.15) is 36.2 Å². The minimum Gasteiger partial charge on any atom is -0.480 e. The molecule has 1 fully saturated rings. The van der Waals surface area contributed by atoms with Crippen molar-refractivity contribution in [3.05, 3.63) is 42.1 Å². The summed E-state index contributed by atoms with van der Waals surface area (Å²) in [5, 5.41) is 18.9. The van der Waals surface area contributed by atoms with Crippen LogP contribution in [0.3, 0.4) is 0 Å². The Balaban J connectivity index is 1.79. The van der Waals surface area contributed by atoms with E-state index in [0.29, 0.717) is 18.5 Å². The topological polar surface area (TPSA) is 95.1 Å². The monoisotopic (exact) mass is 299 g/mol. The van der Waals surface area contributed by atoms with Gasteiger partial charge in [0.25, 0.3) is 5.91 Å². The third kappa shape index (κ3) is 2.59. The lowest BCUT2D eigenvalue weighted by Crippen LogP contribution is -2.52. The van der Waals surface area contributed by atoms with Gasteiger partial charge < -0.3 is 10.4 Å². The minimum atomic E-state index is -1.14. The lowest BCUT2D eigenvalue weighted by molar-refractivity contribution is -0.144. The maximum Gasteiger partial charge on any atom is 0.329 e. The second-order valence-electron chi connectivity index (χ2n) is 5.58. The van der Waals surface area contributed by atoms with Crippen LogP contribution in [0.5, 0.6) is 0 Å². The first-order chi connectivity index (χ1) is 10.6. The molecule has 0 bridgehead atoms. The zero-order chi connectivity index (χ0) is 15.6. The van der Waals surface area contributed by atoms with E-state index in [1.165, 1.54) is 0 Å². The Morgan fingerprint density at radius 3 is 2.50 bits per heavy atom. The maximum atomic E-state index is 12.3. The molecular weight excluding hydrogens is 282 g/mol. The summed E-state index contributed by atoms with van der Waals surface area (Å²) in [7, 11) is 0. The van der Waals surface area contributed by atoms with Crippen LogP contribution in [0.15, 0.2) is 36.4 Å². The van der Waals surface area contributed by atoms with Crippen LogP contribution in [-0.4, -0.2) is 32.7 Å². The first-order valence-electron chi connectivity index (χ1n) is 7.27. The summed E-state index contributed by atoms with van der Waals surface area (Å²) in [5.41, 5.74) is 0.675. The Labute approximate surface area is 127 Å². The Kier molecular flexibility index (Phi) is 3.66. The number of aromatic amines is 1. The molecule has 1 aromatic carbocycles. The van der Waals surface area contributed by atoms with E-state index in [9.17, 15) is 14.7 Å². The fourth-order valence-corrected chi connectivity index (χ4v) is 2.85. The first-order valence-corrected chi connectivity index (χ1v) is 7.27. The molecule has 1 saturated carbocycles. The van der Waals surface area contributed by atoms with Gasteiger partial charge >= 0.3 is 5.97 Å². The van der Waals surface area contributed by atoms with E-state index in [0.717, 1.165) is 18.4 Å². The van der Waals surface area contributed by atoms with Crippen molar-refractivity contribution in [2.45, 2.75) is 31.2 Å². The zero-order valence-corrected chi connectivity index (χ0v) is 12.0. The Morgan fingerprint density at radius 2 is 1.86 bits per heavy atom. The lowest BCUT2D eigenvalue weighted by Gasteiger charge is -2.24. The van der Waals surface area contributed by atoms with E-state index >= 15 is 0 Å². The summed E-state index contributed by atoms with van der Waals surface area (Å²) in [6, 6.07) is 11.1. The van der Waals surface area contributed by atoms with Crippen molar-refractivity contribution < 1.29 is 14.7 Å². The average Bonchev–Trinajstić information content (AvgIpc) is 3.18. The number of nitrogens with zero attached hydrogens (tertiary/aromatic N) is 1. The molecule has 0 atom stereocenters. The molecule has 6 heteroatoms. The molecule has 0 aliphatic heterocycles. The van der Waals surface area contributed by atoms with Gasteiger partial charge in [-0.15, -0.1) is 0 Å². The summed E-state index contributed by atoms with van der Waals surface area (Å²) in [6.45, 7) is 0. The van der Waals surface area contributed by atoms with Crippen molar-refractivity contribution in [1.29, 1.82) is 0 Å². The van der Waals surface area contributed by atoms with Crippen LogP contribution in [0.4, 0.5) is 0 Å². The lowest BCUT2D eigenvalue weighted by atomic mass is 9.97. The van der Waals surface area contributed by atoms with Gasteiger partial charge in [-0.1, -0.05) is 43.2 Å². The molecule has 1 heterocycles. The average molecular weight is 299 g/mol. The molecule has 1 aromatic heterocycles. The van der Waals surface area contributed by atoms with E-state index in [-0.39, 0.29) is 5.69 Å². The van der Waals surface area contributed by atoms with Gasteiger partial charge in [-0.05, 0) is 18.9 Å². The van der Waals surface area contributed by atoms with Crippen molar-refractivity contribution in [3.63, 3.8) is 0 Å². The maximum absolute atomic E-state index is 12.3. The number of carbonyl (C=O) groups is 2. The van der Waals surface area contributed by atoms with Gasteiger partial charge in [0.05, 0.1) is 5.69 Å². The number of nitrogens with one attached hydrogen (secondary N) is 2. The van der Waals surface area contributed by atoms with E-state index in [1.54, 1.807) is 6.07 Å². The van der Waals surface area contributed by atoms with Gasteiger partial charge in [0.1, 0.15) is 11.2 Å². The predicted molar refractivity (Wildman–Crippen MR) is 80.3 cm³/mol. The van der Waals surface area contributed by atoms with Gasteiger partial charge in [0.2, 0.25) is 0 Å². The number of aromatic nitrogens is 2. The molecule has 0 saturated heterocycles. The third-order valence-electron chi connectivity index (χ3n) is 4.11. The van der Waals surface area contributed by atoms with E-state index in [2.05, 4.69) is 15.5 Å². The van der Waals surface area contributed by atoms with Crippen LogP contribution in [0, 0.1) is 0 Å². The quantitative estimate of drug-likeness (QED) is 0.806. The predicted octanol–water partition coefficient (Wildman–Crippen LogP) is 2.20. The molecule has 0 radical (unpaired) electrons. The largest absolute Gasteiger partial charge is 0.480 e. The highest BCUT2D eigenvalue weighted by molar-refractivity contribution is 5.97. The summed E-state index contributed by atoms with van der Waals surface area (Å²) >= 11 is 0. The summed E-state index contributed by atoms with van der Waals surface area (Å²) < 4.78 is 0. The van der Waals surface area contributed by atoms with Crippen LogP contribution in [0.2, 0.25) is 0 Å². The molecule has 1 aliphatic rings. The van der Waals surface area contributed by atoms with Gasteiger partial charge in [-0.3, -0.25) is 9.89 Å². The number of hydrogen-bond acceptors (Lipinski definition) is 3.